The molecule has 0 aliphatic heterocycles. The molecule has 0 atom stereocenters. The molecule has 0 aliphatic rings. The number of aromatic nitrogens is 2. The first-order chi connectivity index (χ1) is 32.9. The number of benzene rings is 9. The first kappa shape index (κ1) is 40.3. The van der Waals surface area contributed by atoms with Crippen LogP contribution in [0.5, 0.6) is 0 Å². The first-order valence-electron chi connectivity index (χ1n) is 23.3. The molecule has 0 saturated heterocycles. The number of halogens is 2. The summed E-state index contributed by atoms with van der Waals surface area (Å²) in [4.78, 5) is 0. The molecular formula is C62H46F2N2O2. The number of rotatable bonds is 4. The summed E-state index contributed by atoms with van der Waals surface area (Å²) < 4.78 is 51.3. The lowest BCUT2D eigenvalue weighted by atomic mass is 9.71. The Bertz CT molecular complexity index is 4170. The van der Waals surface area contributed by atoms with Gasteiger partial charge in [0.15, 0.2) is 11.2 Å². The lowest BCUT2D eigenvalue weighted by molar-refractivity contribution is 0.565. The van der Waals surface area contributed by atoms with Gasteiger partial charge >= 0.3 is 0 Å². The Morgan fingerprint density at radius 2 is 0.750 bits per heavy atom. The summed E-state index contributed by atoms with van der Waals surface area (Å²) in [6.45, 7) is 13.5. The van der Waals surface area contributed by atoms with Crippen LogP contribution in [0, 0.1) is 11.6 Å². The van der Waals surface area contributed by atoms with Crippen molar-refractivity contribution in [3.63, 3.8) is 0 Å². The number of hydrogen-bond acceptors (Lipinski definition) is 2. The van der Waals surface area contributed by atoms with Gasteiger partial charge in [0.2, 0.25) is 0 Å². The number of hydrogen-bond donors (Lipinski definition) is 0. The highest BCUT2D eigenvalue weighted by Gasteiger charge is 2.39. The molecule has 0 saturated carbocycles. The van der Waals surface area contributed by atoms with Gasteiger partial charge in [0.05, 0.1) is 33.4 Å². The maximum atomic E-state index is 16.3. The van der Waals surface area contributed by atoms with Crippen molar-refractivity contribution in [3.8, 4) is 33.6 Å². The predicted octanol–water partition coefficient (Wildman–Crippen LogP) is 17.9. The van der Waals surface area contributed by atoms with Gasteiger partial charge in [-0.25, -0.2) is 8.78 Å². The van der Waals surface area contributed by atoms with E-state index in [1.807, 2.05) is 42.5 Å². The average molecular weight is 889 g/mol. The molecule has 4 aromatic heterocycles. The van der Waals surface area contributed by atoms with Crippen LogP contribution in [-0.4, -0.2) is 9.13 Å². The average Bonchev–Trinajstić information content (AvgIpc) is 4.08. The maximum Gasteiger partial charge on any atom is 0.160 e. The fraction of sp³-hybridized carbons (Fsp3) is 0.129. The summed E-state index contributed by atoms with van der Waals surface area (Å²) in [5.74, 6) is -0.713. The smallest absolute Gasteiger partial charge is 0.160 e. The molecule has 0 bridgehead atoms. The SMILES string of the molecule is CC(C)(C)c1c(-c2cccc(F)c2)c(-n2c3ccccc3c3ccc4c5ccccc5oc4c32)c(-c2cccc(F)c2)c(C(C)(C)C)c1-n1c2ccccc2c2ccc3c4ccccc4oc3c21. The van der Waals surface area contributed by atoms with E-state index in [2.05, 4.69) is 142 Å². The fourth-order valence-electron chi connectivity index (χ4n) is 11.4. The number of para-hydroxylation sites is 4. The Balaban J connectivity index is 1.37. The lowest BCUT2D eigenvalue weighted by Gasteiger charge is -2.38. The van der Waals surface area contributed by atoms with Crippen molar-refractivity contribution >= 4 is 87.5 Å². The zero-order valence-electron chi connectivity index (χ0n) is 38.6. The fourth-order valence-corrected chi connectivity index (χ4v) is 11.4. The van der Waals surface area contributed by atoms with E-state index in [9.17, 15) is 0 Å². The molecule has 0 aliphatic carbocycles. The molecule has 9 aromatic carbocycles. The van der Waals surface area contributed by atoms with Crippen molar-refractivity contribution in [2.45, 2.75) is 52.4 Å². The highest BCUT2D eigenvalue weighted by molar-refractivity contribution is 6.24. The van der Waals surface area contributed by atoms with E-state index in [0.717, 1.165) is 121 Å². The molecule has 13 aromatic rings. The van der Waals surface area contributed by atoms with Crippen LogP contribution in [0.4, 0.5) is 8.78 Å². The van der Waals surface area contributed by atoms with Crippen molar-refractivity contribution < 1.29 is 17.6 Å². The summed E-state index contributed by atoms with van der Waals surface area (Å²) in [5.41, 5.74) is 12.5. The van der Waals surface area contributed by atoms with Crippen molar-refractivity contribution in [2.24, 2.45) is 0 Å². The normalized spacial score (nSPS) is 12.7. The standard InChI is InChI=1S/C62H46F2N2O2/c1-61(2,3)53-51(35-17-15-19-37(63)33-35)57(65-47-25-11-7-21-39(47)43-29-31-45-41-23-9-13-27-49(41)67-59(45)55(43)65)52(36-18-16-20-38(64)34-36)54(62(4,5)6)58(53)66-48-26-12-8-22-40(48)44-30-32-46-42-24-10-14-28-50(42)68-60(46)56(44)66/h7-34H,1-6H3. The Labute approximate surface area is 391 Å². The van der Waals surface area contributed by atoms with Gasteiger partial charge in [0.1, 0.15) is 22.8 Å². The quantitative estimate of drug-likeness (QED) is 0.176. The number of fused-ring (bicyclic) bond motifs is 14. The van der Waals surface area contributed by atoms with E-state index in [1.54, 1.807) is 24.3 Å². The van der Waals surface area contributed by atoms with Crippen LogP contribution in [0.1, 0.15) is 52.7 Å². The monoisotopic (exact) mass is 888 g/mol. The van der Waals surface area contributed by atoms with Gasteiger partial charge in [0, 0.05) is 54.2 Å². The molecule has 4 heterocycles. The third-order valence-electron chi connectivity index (χ3n) is 14.0. The molecule has 0 radical (unpaired) electrons. The molecule has 0 N–H and O–H groups in total. The second kappa shape index (κ2) is 14.3. The van der Waals surface area contributed by atoms with Gasteiger partial charge in [-0.1, -0.05) is 151 Å². The van der Waals surface area contributed by atoms with Crippen LogP contribution in [0.25, 0.3) is 121 Å². The predicted molar refractivity (Wildman–Crippen MR) is 278 cm³/mol. The summed E-state index contributed by atoms with van der Waals surface area (Å²) in [5, 5.41) is 8.21. The summed E-state index contributed by atoms with van der Waals surface area (Å²) in [6.07, 6.45) is 0. The van der Waals surface area contributed by atoms with Gasteiger partial charge in [-0.2, -0.15) is 0 Å². The minimum Gasteiger partial charge on any atom is -0.454 e. The van der Waals surface area contributed by atoms with Gasteiger partial charge < -0.3 is 18.0 Å². The van der Waals surface area contributed by atoms with Gasteiger partial charge in [-0.15, -0.1) is 0 Å². The molecule has 6 heteroatoms. The summed E-state index contributed by atoms with van der Waals surface area (Å²) >= 11 is 0. The van der Waals surface area contributed by atoms with Crippen LogP contribution in [0.3, 0.4) is 0 Å². The van der Waals surface area contributed by atoms with Gasteiger partial charge in [-0.3, -0.25) is 0 Å². The minimum atomic E-state index is -0.598. The van der Waals surface area contributed by atoms with Crippen molar-refractivity contribution in [1.29, 1.82) is 0 Å². The molecular weight excluding hydrogens is 843 g/mol. The van der Waals surface area contributed by atoms with E-state index < -0.39 is 10.8 Å². The molecule has 0 fully saturated rings. The number of nitrogens with zero attached hydrogens (tertiary/aromatic N) is 2. The van der Waals surface area contributed by atoms with E-state index >= 15 is 8.78 Å². The van der Waals surface area contributed by atoms with Crippen LogP contribution < -0.4 is 0 Å². The third-order valence-corrected chi connectivity index (χ3v) is 14.0. The Morgan fingerprint density at radius 1 is 0.368 bits per heavy atom. The molecule has 13 rings (SSSR count). The molecule has 0 unspecified atom stereocenters. The Kier molecular flexibility index (Phi) is 8.46. The second-order valence-corrected chi connectivity index (χ2v) is 20.3. The van der Waals surface area contributed by atoms with E-state index in [1.165, 1.54) is 12.1 Å². The Hall–Kier alpha value is -7.96. The van der Waals surface area contributed by atoms with Crippen LogP contribution in [0.2, 0.25) is 0 Å². The molecule has 0 amide bonds. The molecule has 4 nitrogen and oxygen atoms in total. The van der Waals surface area contributed by atoms with E-state index in [-0.39, 0.29) is 11.6 Å². The van der Waals surface area contributed by atoms with E-state index in [0.29, 0.717) is 11.1 Å². The van der Waals surface area contributed by atoms with Crippen LogP contribution in [-0.2, 0) is 10.8 Å². The molecule has 0 spiro atoms. The van der Waals surface area contributed by atoms with Crippen molar-refractivity contribution in [2.75, 3.05) is 0 Å². The zero-order chi connectivity index (χ0) is 46.4. The minimum absolute atomic E-state index is 0.357. The molecule has 330 valence electrons. The van der Waals surface area contributed by atoms with Gasteiger partial charge in [0.25, 0.3) is 0 Å². The highest BCUT2D eigenvalue weighted by Crippen LogP contribution is 2.56. The van der Waals surface area contributed by atoms with Crippen molar-refractivity contribution in [3.05, 3.63) is 193 Å². The summed E-state index contributed by atoms with van der Waals surface area (Å²) in [7, 11) is 0. The second-order valence-electron chi connectivity index (χ2n) is 20.3. The zero-order valence-corrected chi connectivity index (χ0v) is 38.6. The topological polar surface area (TPSA) is 36.1 Å². The Morgan fingerprint density at radius 3 is 1.18 bits per heavy atom. The van der Waals surface area contributed by atoms with Crippen LogP contribution >= 0.6 is 0 Å². The molecule has 68 heavy (non-hydrogen) atoms. The maximum absolute atomic E-state index is 16.3. The lowest BCUT2D eigenvalue weighted by Crippen LogP contribution is -2.26. The van der Waals surface area contributed by atoms with Crippen molar-refractivity contribution in [1.82, 2.24) is 9.13 Å². The highest BCUT2D eigenvalue weighted by atomic mass is 19.1. The van der Waals surface area contributed by atoms with Crippen LogP contribution in [0.15, 0.2) is 179 Å². The largest absolute Gasteiger partial charge is 0.454 e. The third kappa shape index (κ3) is 5.70. The summed E-state index contributed by atoms with van der Waals surface area (Å²) in [6, 6.07) is 56.0. The number of furan rings is 2. The van der Waals surface area contributed by atoms with Gasteiger partial charge in [-0.05, 0) is 93.7 Å². The van der Waals surface area contributed by atoms with E-state index in [4.69, 9.17) is 8.83 Å². The first-order valence-corrected chi connectivity index (χ1v) is 23.3.